The van der Waals surface area contributed by atoms with Gasteiger partial charge in [-0.15, -0.1) is 0 Å². The number of rotatable bonds is 4. The third kappa shape index (κ3) is 3.20. The molecule has 5 heteroatoms. The number of hydrogen-bond donors (Lipinski definition) is 0. The summed E-state index contributed by atoms with van der Waals surface area (Å²) >= 11 is 0. The summed E-state index contributed by atoms with van der Waals surface area (Å²) in [5, 5.41) is 4.50. The van der Waals surface area contributed by atoms with Crippen LogP contribution in [0.4, 0.5) is 4.39 Å². The maximum Gasteiger partial charge on any atom is 0.344 e. The van der Waals surface area contributed by atoms with E-state index < -0.39 is 11.8 Å². The molecule has 0 aliphatic rings. The molecule has 0 spiro atoms. The molecule has 0 unspecified atom stereocenters. The average Bonchev–Trinajstić information content (AvgIpc) is 2.98. The molecule has 2 aromatic carbocycles. The van der Waals surface area contributed by atoms with Crippen molar-refractivity contribution in [3.05, 3.63) is 77.2 Å². The van der Waals surface area contributed by atoms with Gasteiger partial charge in [0, 0.05) is 6.07 Å². The predicted octanol–water partition coefficient (Wildman–Crippen LogP) is 4.10. The zero-order valence-corrected chi connectivity index (χ0v) is 13.5. The summed E-state index contributed by atoms with van der Waals surface area (Å²) in [5.41, 5.74) is 2.97. The zero-order valence-electron chi connectivity index (χ0n) is 13.5. The van der Waals surface area contributed by atoms with Gasteiger partial charge in [0.25, 0.3) is 0 Å². The first-order chi connectivity index (χ1) is 11.6. The van der Waals surface area contributed by atoms with Gasteiger partial charge in [0.1, 0.15) is 5.82 Å². The lowest BCUT2D eigenvalue weighted by Crippen LogP contribution is -2.12. The summed E-state index contributed by atoms with van der Waals surface area (Å²) in [6.45, 7) is 3.95. The quantitative estimate of drug-likeness (QED) is 0.679. The zero-order chi connectivity index (χ0) is 17.1. The number of nitrogens with zero attached hydrogens (tertiary/aromatic N) is 2. The van der Waals surface area contributed by atoms with Crippen LogP contribution >= 0.6 is 0 Å². The van der Waals surface area contributed by atoms with E-state index in [1.54, 1.807) is 10.7 Å². The van der Waals surface area contributed by atoms with Gasteiger partial charge >= 0.3 is 5.97 Å². The van der Waals surface area contributed by atoms with Gasteiger partial charge in [-0.05, 0) is 49.2 Å². The average molecular weight is 324 g/mol. The Morgan fingerprint density at radius 2 is 1.88 bits per heavy atom. The molecule has 3 rings (SSSR count). The monoisotopic (exact) mass is 324 g/mol. The van der Waals surface area contributed by atoms with Gasteiger partial charge < -0.3 is 4.74 Å². The van der Waals surface area contributed by atoms with Crippen LogP contribution in [0.25, 0.3) is 5.69 Å². The van der Waals surface area contributed by atoms with E-state index in [1.165, 1.54) is 24.3 Å². The standard InChI is InChI=1S/C19H17FN2O2/c1-3-16-12-18(22(21-16)17-7-5-4-6-13(17)2)24-19(23)14-8-10-15(20)11-9-14/h4-12H,3H2,1-2H3. The maximum atomic E-state index is 13.0. The number of halogens is 1. The van der Waals surface area contributed by atoms with Crippen molar-refractivity contribution < 1.29 is 13.9 Å². The largest absolute Gasteiger partial charge is 0.404 e. The second-order valence-electron chi connectivity index (χ2n) is 5.42. The molecule has 0 atom stereocenters. The Balaban J connectivity index is 1.96. The Morgan fingerprint density at radius 1 is 1.17 bits per heavy atom. The molecule has 3 aromatic rings. The van der Waals surface area contributed by atoms with Crippen molar-refractivity contribution in [2.24, 2.45) is 0 Å². The van der Waals surface area contributed by atoms with Crippen LogP contribution in [0, 0.1) is 12.7 Å². The molecule has 24 heavy (non-hydrogen) atoms. The highest BCUT2D eigenvalue weighted by Gasteiger charge is 2.16. The number of esters is 1. The minimum absolute atomic E-state index is 0.284. The van der Waals surface area contributed by atoms with E-state index in [9.17, 15) is 9.18 Å². The Labute approximate surface area is 139 Å². The van der Waals surface area contributed by atoms with E-state index in [4.69, 9.17) is 4.74 Å². The van der Waals surface area contributed by atoms with Crippen molar-refractivity contribution in [1.29, 1.82) is 0 Å². The van der Waals surface area contributed by atoms with Crippen LogP contribution in [-0.4, -0.2) is 15.7 Å². The second kappa shape index (κ2) is 6.66. The molecular weight excluding hydrogens is 307 g/mol. The van der Waals surface area contributed by atoms with Crippen LogP contribution in [0.5, 0.6) is 5.88 Å². The normalized spacial score (nSPS) is 10.6. The predicted molar refractivity (Wildman–Crippen MR) is 89.0 cm³/mol. The van der Waals surface area contributed by atoms with E-state index in [1.807, 2.05) is 38.1 Å². The first kappa shape index (κ1) is 15.9. The van der Waals surface area contributed by atoms with Crippen LogP contribution in [-0.2, 0) is 6.42 Å². The smallest absolute Gasteiger partial charge is 0.344 e. The number of benzene rings is 2. The highest BCUT2D eigenvalue weighted by molar-refractivity contribution is 5.90. The van der Waals surface area contributed by atoms with Crippen molar-refractivity contribution in [2.75, 3.05) is 0 Å². The minimum Gasteiger partial charge on any atom is -0.404 e. The van der Waals surface area contributed by atoms with Crippen LogP contribution in [0.1, 0.15) is 28.5 Å². The van der Waals surface area contributed by atoms with Gasteiger partial charge in [0.05, 0.1) is 16.9 Å². The van der Waals surface area contributed by atoms with Crippen molar-refractivity contribution >= 4 is 5.97 Å². The van der Waals surface area contributed by atoms with E-state index in [-0.39, 0.29) is 5.56 Å². The molecule has 0 aliphatic heterocycles. The van der Waals surface area contributed by atoms with Gasteiger partial charge in [0.2, 0.25) is 5.88 Å². The van der Waals surface area contributed by atoms with E-state index >= 15 is 0 Å². The molecule has 1 aromatic heterocycles. The molecular formula is C19H17FN2O2. The molecule has 0 fully saturated rings. The summed E-state index contributed by atoms with van der Waals surface area (Å²) in [6, 6.07) is 14.7. The van der Waals surface area contributed by atoms with Crippen LogP contribution in [0.3, 0.4) is 0 Å². The van der Waals surface area contributed by atoms with Crippen molar-refractivity contribution in [1.82, 2.24) is 9.78 Å². The first-order valence-corrected chi connectivity index (χ1v) is 7.71. The summed E-state index contributed by atoms with van der Waals surface area (Å²) in [7, 11) is 0. The third-order valence-corrected chi connectivity index (χ3v) is 3.71. The SMILES string of the molecule is CCc1cc(OC(=O)c2ccc(F)cc2)n(-c2ccccc2C)n1. The Bertz CT molecular complexity index is 869. The third-order valence-electron chi connectivity index (χ3n) is 3.71. The topological polar surface area (TPSA) is 44.1 Å². The van der Waals surface area contributed by atoms with Gasteiger partial charge in [-0.3, -0.25) is 0 Å². The number of ether oxygens (including phenoxy) is 1. The molecule has 0 saturated heterocycles. The number of aryl methyl sites for hydroxylation is 2. The van der Waals surface area contributed by atoms with E-state index in [2.05, 4.69) is 5.10 Å². The summed E-state index contributed by atoms with van der Waals surface area (Å²) < 4.78 is 20.1. The number of carbonyl (C=O) groups excluding carboxylic acids is 1. The Hall–Kier alpha value is -2.95. The minimum atomic E-state index is -0.549. The molecule has 0 N–H and O–H groups in total. The fourth-order valence-corrected chi connectivity index (χ4v) is 2.37. The van der Waals surface area contributed by atoms with Crippen LogP contribution in [0.15, 0.2) is 54.6 Å². The number of carbonyl (C=O) groups is 1. The lowest BCUT2D eigenvalue weighted by Gasteiger charge is -2.10. The summed E-state index contributed by atoms with van der Waals surface area (Å²) in [5.74, 6) is -0.604. The molecule has 0 bridgehead atoms. The molecule has 0 radical (unpaired) electrons. The second-order valence-corrected chi connectivity index (χ2v) is 5.42. The van der Waals surface area contributed by atoms with Crippen molar-refractivity contribution in [3.63, 3.8) is 0 Å². The van der Waals surface area contributed by atoms with E-state index in [0.29, 0.717) is 5.88 Å². The number of hydrogen-bond acceptors (Lipinski definition) is 3. The first-order valence-electron chi connectivity index (χ1n) is 7.71. The van der Waals surface area contributed by atoms with E-state index in [0.717, 1.165) is 23.4 Å². The fourth-order valence-electron chi connectivity index (χ4n) is 2.37. The molecule has 4 nitrogen and oxygen atoms in total. The summed E-state index contributed by atoms with van der Waals surface area (Å²) in [6.07, 6.45) is 0.722. The summed E-state index contributed by atoms with van der Waals surface area (Å²) in [4.78, 5) is 12.3. The Morgan fingerprint density at radius 3 is 2.54 bits per heavy atom. The van der Waals surface area contributed by atoms with Gasteiger partial charge in [-0.1, -0.05) is 25.1 Å². The molecule has 122 valence electrons. The molecule has 1 heterocycles. The van der Waals surface area contributed by atoms with Crippen LogP contribution in [0.2, 0.25) is 0 Å². The highest BCUT2D eigenvalue weighted by Crippen LogP contribution is 2.23. The number of aromatic nitrogens is 2. The molecule has 0 aliphatic carbocycles. The fraction of sp³-hybridized carbons (Fsp3) is 0.158. The lowest BCUT2D eigenvalue weighted by atomic mass is 10.2. The number of para-hydroxylation sites is 1. The van der Waals surface area contributed by atoms with Crippen LogP contribution < -0.4 is 4.74 Å². The molecule has 0 saturated carbocycles. The molecule has 0 amide bonds. The van der Waals surface area contributed by atoms with Crippen molar-refractivity contribution in [3.8, 4) is 11.6 Å². The Kier molecular flexibility index (Phi) is 4.42. The van der Waals surface area contributed by atoms with Gasteiger partial charge in [0.15, 0.2) is 0 Å². The van der Waals surface area contributed by atoms with Gasteiger partial charge in [-0.25, -0.2) is 13.9 Å². The highest BCUT2D eigenvalue weighted by atomic mass is 19.1. The maximum absolute atomic E-state index is 13.0. The van der Waals surface area contributed by atoms with Gasteiger partial charge in [-0.2, -0.15) is 5.10 Å². The lowest BCUT2D eigenvalue weighted by molar-refractivity contribution is 0.0723. The van der Waals surface area contributed by atoms with Crippen molar-refractivity contribution in [2.45, 2.75) is 20.3 Å².